The van der Waals surface area contributed by atoms with Crippen LogP contribution in [0, 0.1) is 0 Å². The predicted molar refractivity (Wildman–Crippen MR) is 143 cm³/mol. The first kappa shape index (κ1) is 23.5. The Hall–Kier alpha value is -4.20. The van der Waals surface area contributed by atoms with Crippen LogP contribution in [-0.2, 0) is 4.79 Å². The minimum atomic E-state index is -0.533. The minimum absolute atomic E-state index is 0.177. The third-order valence-corrected chi connectivity index (χ3v) is 6.94. The zero-order valence-electron chi connectivity index (χ0n) is 18.8. The van der Waals surface area contributed by atoms with Crippen LogP contribution in [0.15, 0.2) is 96.1 Å². The van der Waals surface area contributed by atoms with Gasteiger partial charge in [-0.2, -0.15) is 5.10 Å². The predicted octanol–water partition coefficient (Wildman–Crippen LogP) is 6.46. The highest BCUT2D eigenvalue weighted by atomic mass is 35.5. The van der Waals surface area contributed by atoms with Crippen molar-refractivity contribution in [2.45, 2.75) is 0 Å². The maximum absolute atomic E-state index is 12.7. The summed E-state index contributed by atoms with van der Waals surface area (Å²) >= 11 is 7.66. The van der Waals surface area contributed by atoms with E-state index in [1.54, 1.807) is 24.3 Å². The number of carbonyl (C=O) groups is 2. The van der Waals surface area contributed by atoms with Crippen molar-refractivity contribution in [3.8, 4) is 11.5 Å². The summed E-state index contributed by atoms with van der Waals surface area (Å²) < 4.78 is 12.0. The molecule has 5 aromatic rings. The lowest BCUT2D eigenvalue weighted by Crippen LogP contribution is -2.24. The van der Waals surface area contributed by atoms with Crippen molar-refractivity contribution in [1.82, 2.24) is 5.43 Å². The third kappa shape index (κ3) is 5.38. The number of amides is 1. The molecule has 1 heterocycles. The zero-order valence-corrected chi connectivity index (χ0v) is 20.4. The van der Waals surface area contributed by atoms with Crippen molar-refractivity contribution in [2.75, 3.05) is 6.61 Å². The lowest BCUT2D eigenvalue weighted by atomic mass is 10.1. The van der Waals surface area contributed by atoms with Gasteiger partial charge in [0.2, 0.25) is 0 Å². The van der Waals surface area contributed by atoms with Crippen LogP contribution < -0.4 is 14.9 Å². The average molecular weight is 515 g/mol. The first-order valence-electron chi connectivity index (χ1n) is 11.0. The smallest absolute Gasteiger partial charge is 0.355 e. The van der Waals surface area contributed by atoms with Gasteiger partial charge in [-0.1, -0.05) is 72.3 Å². The third-order valence-electron chi connectivity index (χ3n) is 5.28. The summed E-state index contributed by atoms with van der Waals surface area (Å²) in [5.41, 5.74) is 3.07. The van der Waals surface area contributed by atoms with E-state index in [0.717, 1.165) is 20.9 Å². The highest BCUT2D eigenvalue weighted by molar-refractivity contribution is 7.21. The molecule has 36 heavy (non-hydrogen) atoms. The van der Waals surface area contributed by atoms with Gasteiger partial charge in [-0.3, -0.25) is 4.79 Å². The highest BCUT2D eigenvalue weighted by Crippen LogP contribution is 2.35. The van der Waals surface area contributed by atoms with E-state index in [9.17, 15) is 9.59 Å². The fourth-order valence-corrected chi connectivity index (χ4v) is 4.96. The molecule has 0 radical (unpaired) electrons. The normalized spacial score (nSPS) is 11.1. The number of hydrogen-bond donors (Lipinski definition) is 1. The van der Waals surface area contributed by atoms with Crippen LogP contribution in [0.4, 0.5) is 0 Å². The molecule has 178 valence electrons. The topological polar surface area (TPSA) is 77.0 Å². The molecule has 1 aromatic heterocycles. The van der Waals surface area contributed by atoms with Gasteiger partial charge >= 0.3 is 5.97 Å². The van der Waals surface area contributed by atoms with Gasteiger partial charge in [-0.05, 0) is 46.7 Å². The van der Waals surface area contributed by atoms with Crippen LogP contribution in [0.25, 0.3) is 20.9 Å². The van der Waals surface area contributed by atoms with Gasteiger partial charge in [0, 0.05) is 10.1 Å². The van der Waals surface area contributed by atoms with E-state index in [2.05, 4.69) is 10.5 Å². The van der Waals surface area contributed by atoms with Crippen molar-refractivity contribution in [1.29, 1.82) is 0 Å². The molecule has 4 aromatic carbocycles. The number of fused-ring (bicyclic) bond motifs is 2. The number of hydrogen-bond acceptors (Lipinski definition) is 6. The van der Waals surface area contributed by atoms with E-state index in [-0.39, 0.29) is 6.61 Å². The Kier molecular flexibility index (Phi) is 6.93. The summed E-state index contributed by atoms with van der Waals surface area (Å²) in [7, 11) is 0. The molecule has 5 rings (SSSR count). The quantitative estimate of drug-likeness (QED) is 0.117. The maximum atomic E-state index is 12.7. The van der Waals surface area contributed by atoms with Crippen LogP contribution in [-0.4, -0.2) is 24.7 Å². The number of rotatable bonds is 7. The van der Waals surface area contributed by atoms with Crippen molar-refractivity contribution in [3.05, 3.63) is 106 Å². The molecule has 1 amide bonds. The van der Waals surface area contributed by atoms with E-state index < -0.39 is 11.9 Å². The number of carbonyl (C=O) groups excluding carboxylic acids is 2. The number of ether oxygens (including phenoxy) is 2. The fraction of sp³-hybridized carbons (Fsp3) is 0.0357. The summed E-state index contributed by atoms with van der Waals surface area (Å²) in [5.74, 6) is 0.000323. The van der Waals surface area contributed by atoms with Crippen molar-refractivity contribution in [2.24, 2.45) is 5.10 Å². The Labute approximate surface area is 215 Å². The first-order valence-corrected chi connectivity index (χ1v) is 12.2. The van der Waals surface area contributed by atoms with Gasteiger partial charge in [0.05, 0.1) is 11.2 Å². The molecule has 0 saturated heterocycles. The van der Waals surface area contributed by atoms with Gasteiger partial charge in [-0.15, -0.1) is 11.3 Å². The van der Waals surface area contributed by atoms with E-state index >= 15 is 0 Å². The Morgan fingerprint density at radius 3 is 2.56 bits per heavy atom. The standard InChI is InChI=1S/C28H19ClN2O4S/c29-26-23-10-3-4-11-24(23)36-27(26)28(33)35-22-9-5-6-18(14-22)16-30-31-25(32)17-34-21-13-12-19-7-1-2-8-20(19)15-21/h1-16H,17H2,(H,31,32)/b30-16+. The van der Waals surface area contributed by atoms with Crippen LogP contribution >= 0.6 is 22.9 Å². The molecule has 0 spiro atoms. The monoisotopic (exact) mass is 514 g/mol. The molecule has 0 aliphatic carbocycles. The Bertz CT molecular complexity index is 1610. The second-order valence-electron chi connectivity index (χ2n) is 7.79. The van der Waals surface area contributed by atoms with Crippen molar-refractivity contribution in [3.63, 3.8) is 0 Å². The van der Waals surface area contributed by atoms with Crippen LogP contribution in [0.3, 0.4) is 0 Å². The van der Waals surface area contributed by atoms with Crippen LogP contribution in [0.1, 0.15) is 15.2 Å². The molecule has 0 aliphatic rings. The van der Waals surface area contributed by atoms with Crippen LogP contribution in [0.5, 0.6) is 11.5 Å². The zero-order chi connectivity index (χ0) is 24.9. The molecular formula is C28H19ClN2O4S. The SMILES string of the molecule is O=C(COc1ccc2ccccc2c1)N/N=C/c1cccc(OC(=O)c2sc3ccccc3c2Cl)c1. The number of nitrogens with zero attached hydrogens (tertiary/aromatic N) is 1. The Morgan fingerprint density at radius 2 is 1.69 bits per heavy atom. The molecule has 0 bridgehead atoms. The van der Waals surface area contributed by atoms with Gasteiger partial charge in [0.1, 0.15) is 16.4 Å². The summed E-state index contributed by atoms with van der Waals surface area (Å²) in [6, 6.07) is 27.9. The van der Waals surface area contributed by atoms with Gasteiger partial charge < -0.3 is 9.47 Å². The lowest BCUT2D eigenvalue weighted by Gasteiger charge is -2.06. The molecule has 6 nitrogen and oxygen atoms in total. The van der Waals surface area contributed by atoms with Gasteiger partial charge in [0.15, 0.2) is 6.61 Å². The minimum Gasteiger partial charge on any atom is -0.484 e. The molecular weight excluding hydrogens is 496 g/mol. The molecule has 0 atom stereocenters. The van der Waals surface area contributed by atoms with Crippen molar-refractivity contribution < 1.29 is 19.1 Å². The van der Waals surface area contributed by atoms with E-state index in [1.165, 1.54) is 17.6 Å². The molecule has 0 fully saturated rings. The lowest BCUT2D eigenvalue weighted by molar-refractivity contribution is -0.123. The van der Waals surface area contributed by atoms with E-state index in [4.69, 9.17) is 21.1 Å². The second-order valence-corrected chi connectivity index (χ2v) is 9.22. The van der Waals surface area contributed by atoms with Crippen LogP contribution in [0.2, 0.25) is 5.02 Å². The molecule has 0 aliphatic heterocycles. The number of esters is 1. The van der Waals surface area contributed by atoms with Gasteiger partial charge in [-0.25, -0.2) is 10.2 Å². The highest BCUT2D eigenvalue weighted by Gasteiger charge is 2.19. The number of halogens is 1. The first-order chi connectivity index (χ1) is 17.6. The number of benzene rings is 4. The second kappa shape index (κ2) is 10.6. The Balaban J connectivity index is 1.16. The molecule has 0 saturated carbocycles. The van der Waals surface area contributed by atoms with Gasteiger partial charge in [0.25, 0.3) is 5.91 Å². The number of hydrazone groups is 1. The summed E-state index contributed by atoms with van der Waals surface area (Å²) in [5, 5.41) is 7.29. The van der Waals surface area contributed by atoms with E-state index in [0.29, 0.717) is 27.0 Å². The van der Waals surface area contributed by atoms with Crippen molar-refractivity contribution >= 4 is 61.9 Å². The number of thiophene rings is 1. The summed E-state index contributed by atoms with van der Waals surface area (Å²) in [6.45, 7) is -0.177. The molecule has 1 N–H and O–H groups in total. The fourth-order valence-electron chi connectivity index (χ4n) is 3.57. The number of nitrogens with one attached hydrogen (secondary N) is 1. The average Bonchev–Trinajstić information content (AvgIpc) is 3.24. The van der Waals surface area contributed by atoms with E-state index in [1.807, 2.05) is 66.7 Å². The summed E-state index contributed by atoms with van der Waals surface area (Å²) in [4.78, 5) is 25.1. The Morgan fingerprint density at radius 1 is 0.889 bits per heavy atom. The summed E-state index contributed by atoms with van der Waals surface area (Å²) in [6.07, 6.45) is 1.46. The maximum Gasteiger partial charge on any atom is 0.355 e. The largest absolute Gasteiger partial charge is 0.484 e. The molecule has 0 unspecified atom stereocenters. The molecule has 8 heteroatoms.